The topological polar surface area (TPSA) is 63.2 Å². The Morgan fingerprint density at radius 1 is 1.17 bits per heavy atom. The number of ether oxygens (including phenoxy) is 1. The van der Waals surface area contributed by atoms with Gasteiger partial charge in [-0.2, -0.15) is 5.26 Å². The number of hydrogen-bond acceptors (Lipinski definition) is 4. The first-order chi connectivity index (χ1) is 11.1. The molecule has 114 valence electrons. The fourth-order valence-corrected chi connectivity index (χ4v) is 2.48. The van der Waals surface area contributed by atoms with Gasteiger partial charge >= 0.3 is 5.63 Å². The molecule has 0 aliphatic heterocycles. The van der Waals surface area contributed by atoms with Gasteiger partial charge in [-0.05, 0) is 37.1 Å². The van der Waals surface area contributed by atoms with Gasteiger partial charge in [0.2, 0.25) is 0 Å². The highest BCUT2D eigenvalue weighted by molar-refractivity contribution is 5.83. The van der Waals surface area contributed by atoms with Crippen LogP contribution in [0.1, 0.15) is 22.3 Å². The summed E-state index contributed by atoms with van der Waals surface area (Å²) in [6.07, 6.45) is 0. The molecule has 0 N–H and O–H groups in total. The van der Waals surface area contributed by atoms with Crippen LogP contribution in [-0.2, 0) is 6.61 Å². The molecule has 0 spiro atoms. The number of rotatable bonds is 3. The molecule has 0 atom stereocenters. The summed E-state index contributed by atoms with van der Waals surface area (Å²) in [6, 6.07) is 14.5. The zero-order valence-corrected chi connectivity index (χ0v) is 12.9. The first-order valence-corrected chi connectivity index (χ1v) is 7.25. The number of hydrogen-bond donors (Lipinski definition) is 0. The van der Waals surface area contributed by atoms with E-state index >= 15 is 0 Å². The van der Waals surface area contributed by atoms with Gasteiger partial charge in [-0.15, -0.1) is 0 Å². The molecule has 0 unspecified atom stereocenters. The van der Waals surface area contributed by atoms with E-state index in [0.717, 1.165) is 22.1 Å². The maximum absolute atomic E-state index is 11.8. The number of aryl methyl sites for hydroxylation is 2. The molecule has 2 aromatic carbocycles. The van der Waals surface area contributed by atoms with Crippen LogP contribution in [0.3, 0.4) is 0 Å². The Morgan fingerprint density at radius 2 is 1.96 bits per heavy atom. The number of fused-ring (bicyclic) bond motifs is 1. The van der Waals surface area contributed by atoms with Crippen molar-refractivity contribution in [1.82, 2.24) is 0 Å². The van der Waals surface area contributed by atoms with Crippen LogP contribution in [-0.4, -0.2) is 0 Å². The molecule has 1 heterocycles. The second-order valence-electron chi connectivity index (χ2n) is 5.37. The van der Waals surface area contributed by atoms with E-state index in [1.807, 2.05) is 26.0 Å². The zero-order chi connectivity index (χ0) is 16.4. The second-order valence-corrected chi connectivity index (χ2v) is 5.37. The molecule has 3 rings (SSSR count). The number of nitriles is 1. The minimum absolute atomic E-state index is 0.198. The minimum Gasteiger partial charge on any atom is -0.487 e. The molecule has 0 bridgehead atoms. The van der Waals surface area contributed by atoms with Crippen LogP contribution in [0.2, 0.25) is 0 Å². The fraction of sp³-hybridized carbons (Fsp3) is 0.158. The van der Waals surface area contributed by atoms with Crippen LogP contribution < -0.4 is 10.4 Å². The average Bonchev–Trinajstić information content (AvgIpc) is 2.56. The van der Waals surface area contributed by atoms with Gasteiger partial charge in [-0.25, -0.2) is 4.79 Å². The van der Waals surface area contributed by atoms with Crippen molar-refractivity contribution in [1.29, 1.82) is 5.26 Å². The molecule has 23 heavy (non-hydrogen) atoms. The van der Waals surface area contributed by atoms with Gasteiger partial charge in [0.1, 0.15) is 24.0 Å². The summed E-state index contributed by atoms with van der Waals surface area (Å²) in [5.74, 6) is 0.500. The maximum atomic E-state index is 11.8. The summed E-state index contributed by atoms with van der Waals surface area (Å²) < 4.78 is 11.1. The van der Waals surface area contributed by atoms with Crippen molar-refractivity contribution in [3.8, 4) is 11.8 Å². The Morgan fingerprint density at radius 3 is 2.74 bits per heavy atom. The molecular formula is C19H15NO3. The minimum atomic E-state index is -0.404. The van der Waals surface area contributed by atoms with Gasteiger partial charge in [0.05, 0.1) is 5.56 Å². The number of benzene rings is 2. The van der Waals surface area contributed by atoms with E-state index in [0.29, 0.717) is 16.9 Å². The first-order valence-electron chi connectivity index (χ1n) is 7.25. The van der Waals surface area contributed by atoms with E-state index < -0.39 is 5.63 Å². The van der Waals surface area contributed by atoms with Crippen molar-refractivity contribution in [2.45, 2.75) is 20.5 Å². The van der Waals surface area contributed by atoms with Crippen molar-refractivity contribution in [3.05, 3.63) is 75.1 Å². The summed E-state index contributed by atoms with van der Waals surface area (Å²) in [7, 11) is 0. The summed E-state index contributed by atoms with van der Waals surface area (Å²) in [4.78, 5) is 11.8. The van der Waals surface area contributed by atoms with Gasteiger partial charge in [0.25, 0.3) is 0 Å². The monoisotopic (exact) mass is 305 g/mol. The van der Waals surface area contributed by atoms with Crippen LogP contribution in [0.15, 0.2) is 51.7 Å². The molecule has 4 nitrogen and oxygen atoms in total. The van der Waals surface area contributed by atoms with Crippen LogP contribution in [0.25, 0.3) is 11.0 Å². The summed E-state index contributed by atoms with van der Waals surface area (Å²) >= 11 is 0. The van der Waals surface area contributed by atoms with Crippen LogP contribution >= 0.6 is 0 Å². The summed E-state index contributed by atoms with van der Waals surface area (Å²) in [5.41, 5.74) is 3.40. The van der Waals surface area contributed by atoms with Gasteiger partial charge in [0, 0.05) is 17.0 Å². The van der Waals surface area contributed by atoms with Gasteiger partial charge < -0.3 is 9.15 Å². The molecule has 1 aromatic heterocycles. The Bertz CT molecular complexity index is 980. The predicted molar refractivity (Wildman–Crippen MR) is 87.4 cm³/mol. The maximum Gasteiger partial charge on any atom is 0.336 e. The zero-order valence-electron chi connectivity index (χ0n) is 12.9. The molecule has 0 aliphatic rings. The molecule has 0 fully saturated rings. The highest BCUT2D eigenvalue weighted by atomic mass is 16.5. The normalized spacial score (nSPS) is 10.5. The van der Waals surface area contributed by atoms with Crippen molar-refractivity contribution in [2.24, 2.45) is 0 Å². The van der Waals surface area contributed by atoms with Gasteiger partial charge in [-0.1, -0.05) is 24.3 Å². The lowest BCUT2D eigenvalue weighted by atomic mass is 10.0. The highest BCUT2D eigenvalue weighted by Crippen LogP contribution is 2.25. The molecule has 3 aromatic rings. The standard InChI is InChI=1S/C19H15NO3/c1-12-7-8-16-15(9-18(21)23-19(16)13(12)2)11-22-17-6-4-3-5-14(17)10-20/h3-9H,11H2,1-2H3. The first kappa shape index (κ1) is 14.9. The Hall–Kier alpha value is -3.06. The molecule has 0 saturated carbocycles. The van der Waals surface area contributed by atoms with E-state index in [2.05, 4.69) is 6.07 Å². The molecule has 0 amide bonds. The van der Waals surface area contributed by atoms with E-state index in [1.165, 1.54) is 6.07 Å². The van der Waals surface area contributed by atoms with Crippen LogP contribution in [0.5, 0.6) is 5.75 Å². The van der Waals surface area contributed by atoms with Gasteiger partial charge in [-0.3, -0.25) is 0 Å². The Balaban J connectivity index is 2.02. The van der Waals surface area contributed by atoms with Crippen LogP contribution in [0.4, 0.5) is 0 Å². The SMILES string of the molecule is Cc1ccc2c(COc3ccccc3C#N)cc(=O)oc2c1C. The lowest BCUT2D eigenvalue weighted by Crippen LogP contribution is -2.05. The van der Waals surface area contributed by atoms with Crippen molar-refractivity contribution in [3.63, 3.8) is 0 Å². The molecule has 0 radical (unpaired) electrons. The molecule has 4 heteroatoms. The Kier molecular flexibility index (Phi) is 3.86. The highest BCUT2D eigenvalue weighted by Gasteiger charge is 2.11. The average molecular weight is 305 g/mol. The number of para-hydroxylation sites is 1. The lowest BCUT2D eigenvalue weighted by Gasteiger charge is -2.11. The lowest BCUT2D eigenvalue weighted by molar-refractivity contribution is 0.305. The quantitative estimate of drug-likeness (QED) is 0.689. The third kappa shape index (κ3) is 2.82. The van der Waals surface area contributed by atoms with E-state index in [1.54, 1.807) is 24.3 Å². The summed E-state index contributed by atoms with van der Waals surface area (Å²) in [6.45, 7) is 4.10. The second kappa shape index (κ2) is 5.98. The molecular weight excluding hydrogens is 290 g/mol. The largest absolute Gasteiger partial charge is 0.487 e. The third-order valence-corrected chi connectivity index (χ3v) is 3.91. The van der Waals surface area contributed by atoms with Gasteiger partial charge in [0.15, 0.2) is 0 Å². The van der Waals surface area contributed by atoms with Crippen molar-refractivity contribution < 1.29 is 9.15 Å². The Labute approximate surface area is 133 Å². The van der Waals surface area contributed by atoms with E-state index in [-0.39, 0.29) is 6.61 Å². The molecule has 0 saturated heterocycles. The summed E-state index contributed by atoms with van der Waals surface area (Å²) in [5, 5.41) is 9.95. The van der Waals surface area contributed by atoms with Crippen molar-refractivity contribution in [2.75, 3.05) is 0 Å². The predicted octanol–water partition coefficient (Wildman–Crippen LogP) is 3.86. The van der Waals surface area contributed by atoms with E-state index in [9.17, 15) is 4.79 Å². The molecule has 0 aliphatic carbocycles. The smallest absolute Gasteiger partial charge is 0.336 e. The van der Waals surface area contributed by atoms with E-state index in [4.69, 9.17) is 14.4 Å². The van der Waals surface area contributed by atoms with Crippen LogP contribution in [0, 0.1) is 25.2 Å². The third-order valence-electron chi connectivity index (χ3n) is 3.91. The fourth-order valence-electron chi connectivity index (χ4n) is 2.48. The van der Waals surface area contributed by atoms with Crippen molar-refractivity contribution >= 4 is 11.0 Å². The number of nitrogens with zero attached hydrogens (tertiary/aromatic N) is 1.